The maximum atomic E-state index is 12.0. The molecule has 0 atom stereocenters. The minimum absolute atomic E-state index is 0.00686. The van der Waals surface area contributed by atoms with E-state index in [2.05, 4.69) is 21.5 Å². The van der Waals surface area contributed by atoms with Crippen LogP contribution in [0.4, 0.5) is 5.69 Å². The topological polar surface area (TPSA) is 99.3 Å². The Labute approximate surface area is 149 Å². The van der Waals surface area contributed by atoms with Gasteiger partial charge in [-0.05, 0) is 48.6 Å². The first-order valence-electron chi connectivity index (χ1n) is 7.30. The van der Waals surface area contributed by atoms with Crippen molar-refractivity contribution in [3.8, 4) is 0 Å². The predicted molar refractivity (Wildman–Crippen MR) is 97.9 cm³/mol. The second-order valence-electron chi connectivity index (χ2n) is 4.99. The van der Waals surface area contributed by atoms with Crippen molar-refractivity contribution in [3.05, 3.63) is 65.7 Å². The van der Waals surface area contributed by atoms with Crippen molar-refractivity contribution in [1.29, 1.82) is 0 Å². The van der Waals surface area contributed by atoms with Gasteiger partial charge in [0, 0.05) is 23.7 Å². The van der Waals surface area contributed by atoms with Gasteiger partial charge in [-0.2, -0.15) is 0 Å². The van der Waals surface area contributed by atoms with E-state index in [-0.39, 0.29) is 16.9 Å². The Bertz CT molecular complexity index is 791. The summed E-state index contributed by atoms with van der Waals surface area (Å²) in [5, 5.41) is 5.05. The second-order valence-corrected chi connectivity index (χ2v) is 5.40. The highest BCUT2D eigenvalue weighted by molar-refractivity contribution is 7.80. The quantitative estimate of drug-likeness (QED) is 0.494. The summed E-state index contributed by atoms with van der Waals surface area (Å²) >= 11 is 4.81. The highest BCUT2D eigenvalue weighted by Crippen LogP contribution is 2.11. The number of amides is 3. The van der Waals surface area contributed by atoms with Crippen LogP contribution in [-0.2, 0) is 4.79 Å². The summed E-state index contributed by atoms with van der Waals surface area (Å²) in [6, 6.07) is 15.1. The lowest BCUT2D eigenvalue weighted by atomic mass is 10.2. The fourth-order valence-corrected chi connectivity index (χ4v) is 2.07. The standard InChI is InChI=1S/C17H16N4O3S/c1-11(22)18-17(25)21-20-16(24)13-7-9-14(10-8-13)19-15(23)12-5-3-2-4-6-12/h2-10H,1H3,(H,19,23)(H,20,24)(H2,18,21,22,25). The van der Waals surface area contributed by atoms with Crippen molar-refractivity contribution in [2.24, 2.45) is 0 Å². The fraction of sp³-hybridized carbons (Fsp3) is 0.0588. The van der Waals surface area contributed by atoms with Gasteiger partial charge in [-0.3, -0.25) is 25.2 Å². The molecular formula is C17H16N4O3S. The van der Waals surface area contributed by atoms with Gasteiger partial charge in [0.15, 0.2) is 5.11 Å². The molecule has 2 aromatic rings. The molecule has 0 bridgehead atoms. The zero-order chi connectivity index (χ0) is 18.2. The molecule has 0 aromatic heterocycles. The molecule has 128 valence electrons. The second kappa shape index (κ2) is 8.55. The Balaban J connectivity index is 1.91. The number of thiocarbonyl (C=S) groups is 1. The van der Waals surface area contributed by atoms with Gasteiger partial charge in [0.2, 0.25) is 5.91 Å². The summed E-state index contributed by atoms with van der Waals surface area (Å²) in [7, 11) is 0. The van der Waals surface area contributed by atoms with Crippen molar-refractivity contribution in [3.63, 3.8) is 0 Å². The summed E-state index contributed by atoms with van der Waals surface area (Å²) < 4.78 is 0. The highest BCUT2D eigenvalue weighted by atomic mass is 32.1. The average Bonchev–Trinajstić information content (AvgIpc) is 2.60. The summed E-state index contributed by atoms with van der Waals surface area (Å²) in [5.74, 6) is -1.01. The number of anilines is 1. The SMILES string of the molecule is CC(=O)NC(=S)NNC(=O)c1ccc(NC(=O)c2ccccc2)cc1. The van der Waals surface area contributed by atoms with Gasteiger partial charge in [0.05, 0.1) is 0 Å². The van der Waals surface area contributed by atoms with Gasteiger partial charge in [0.25, 0.3) is 11.8 Å². The van der Waals surface area contributed by atoms with Crippen molar-refractivity contribution in [1.82, 2.24) is 16.2 Å². The monoisotopic (exact) mass is 356 g/mol. The van der Waals surface area contributed by atoms with E-state index in [1.54, 1.807) is 48.5 Å². The molecule has 0 radical (unpaired) electrons. The maximum absolute atomic E-state index is 12.0. The Morgan fingerprint density at radius 3 is 2.00 bits per heavy atom. The van der Waals surface area contributed by atoms with Crippen LogP contribution in [-0.4, -0.2) is 22.8 Å². The van der Waals surface area contributed by atoms with Crippen molar-refractivity contribution in [2.45, 2.75) is 6.92 Å². The van der Waals surface area contributed by atoms with E-state index in [1.807, 2.05) is 6.07 Å². The molecule has 0 saturated heterocycles. The minimum Gasteiger partial charge on any atom is -0.322 e. The highest BCUT2D eigenvalue weighted by Gasteiger charge is 2.08. The molecule has 0 aliphatic carbocycles. The van der Waals surface area contributed by atoms with Gasteiger partial charge >= 0.3 is 0 Å². The molecule has 0 aliphatic rings. The molecule has 2 aromatic carbocycles. The fourth-order valence-electron chi connectivity index (χ4n) is 1.87. The summed E-state index contributed by atoms with van der Waals surface area (Å²) in [5.41, 5.74) is 6.23. The summed E-state index contributed by atoms with van der Waals surface area (Å²) in [6.45, 7) is 1.30. The van der Waals surface area contributed by atoms with Gasteiger partial charge < -0.3 is 10.6 Å². The lowest BCUT2D eigenvalue weighted by Crippen LogP contribution is -2.47. The Kier molecular flexibility index (Phi) is 6.19. The molecular weight excluding hydrogens is 340 g/mol. The van der Waals surface area contributed by atoms with Crippen LogP contribution in [0, 0.1) is 0 Å². The summed E-state index contributed by atoms with van der Waals surface area (Å²) in [4.78, 5) is 34.8. The molecule has 0 spiro atoms. The Morgan fingerprint density at radius 2 is 1.40 bits per heavy atom. The normalized spacial score (nSPS) is 9.64. The van der Waals surface area contributed by atoms with Crippen LogP contribution in [0.25, 0.3) is 0 Å². The number of hydrazine groups is 1. The van der Waals surface area contributed by atoms with Crippen LogP contribution in [0.1, 0.15) is 27.6 Å². The molecule has 4 N–H and O–H groups in total. The lowest BCUT2D eigenvalue weighted by molar-refractivity contribution is -0.117. The molecule has 0 heterocycles. The van der Waals surface area contributed by atoms with E-state index in [9.17, 15) is 14.4 Å². The molecule has 0 fully saturated rings. The lowest BCUT2D eigenvalue weighted by Gasteiger charge is -2.10. The number of hydrogen-bond donors (Lipinski definition) is 4. The van der Waals surface area contributed by atoms with Crippen LogP contribution in [0.3, 0.4) is 0 Å². The number of benzene rings is 2. The predicted octanol–water partition coefficient (Wildman–Crippen LogP) is 1.59. The maximum Gasteiger partial charge on any atom is 0.269 e. The van der Waals surface area contributed by atoms with E-state index in [0.717, 1.165) is 0 Å². The zero-order valence-corrected chi connectivity index (χ0v) is 14.1. The molecule has 25 heavy (non-hydrogen) atoms. The molecule has 0 unspecified atom stereocenters. The van der Waals surface area contributed by atoms with Gasteiger partial charge in [0.1, 0.15) is 0 Å². The largest absolute Gasteiger partial charge is 0.322 e. The number of hydrogen-bond acceptors (Lipinski definition) is 4. The average molecular weight is 356 g/mol. The van der Waals surface area contributed by atoms with Gasteiger partial charge in [-0.25, -0.2) is 0 Å². The van der Waals surface area contributed by atoms with Gasteiger partial charge in [-0.1, -0.05) is 18.2 Å². The smallest absolute Gasteiger partial charge is 0.269 e. The number of carbonyl (C=O) groups excluding carboxylic acids is 3. The molecule has 2 rings (SSSR count). The molecule has 8 heteroatoms. The number of nitrogens with one attached hydrogen (secondary N) is 4. The third-order valence-corrected chi connectivity index (χ3v) is 3.22. The van der Waals surface area contributed by atoms with E-state index in [4.69, 9.17) is 12.2 Å². The van der Waals surface area contributed by atoms with E-state index >= 15 is 0 Å². The van der Waals surface area contributed by atoms with Crippen LogP contribution < -0.4 is 21.5 Å². The van der Waals surface area contributed by atoms with Crippen molar-refractivity contribution in [2.75, 3.05) is 5.32 Å². The van der Waals surface area contributed by atoms with Crippen LogP contribution in [0.2, 0.25) is 0 Å². The Morgan fingerprint density at radius 1 is 0.800 bits per heavy atom. The first kappa shape index (κ1) is 18.1. The zero-order valence-electron chi connectivity index (χ0n) is 13.3. The Hall–Kier alpha value is -3.26. The number of carbonyl (C=O) groups is 3. The molecule has 0 saturated carbocycles. The third kappa shape index (κ3) is 5.70. The first-order chi connectivity index (χ1) is 12.0. The van der Waals surface area contributed by atoms with Crippen LogP contribution in [0.5, 0.6) is 0 Å². The van der Waals surface area contributed by atoms with E-state index < -0.39 is 5.91 Å². The van der Waals surface area contributed by atoms with Crippen LogP contribution in [0.15, 0.2) is 54.6 Å². The van der Waals surface area contributed by atoms with Crippen molar-refractivity contribution >= 4 is 40.7 Å². The summed E-state index contributed by atoms with van der Waals surface area (Å²) in [6.07, 6.45) is 0. The molecule has 3 amide bonds. The molecule has 0 aliphatic heterocycles. The first-order valence-corrected chi connectivity index (χ1v) is 7.71. The van der Waals surface area contributed by atoms with E-state index in [0.29, 0.717) is 16.8 Å². The van der Waals surface area contributed by atoms with E-state index in [1.165, 1.54) is 6.92 Å². The number of rotatable bonds is 3. The minimum atomic E-state index is -0.436. The third-order valence-electron chi connectivity index (χ3n) is 3.02. The molecule has 7 nitrogen and oxygen atoms in total. The van der Waals surface area contributed by atoms with Gasteiger partial charge in [-0.15, -0.1) is 0 Å². The van der Waals surface area contributed by atoms with Crippen LogP contribution >= 0.6 is 12.2 Å². The van der Waals surface area contributed by atoms with Crippen molar-refractivity contribution < 1.29 is 14.4 Å².